The Bertz CT molecular complexity index is 366. The van der Waals surface area contributed by atoms with Crippen molar-refractivity contribution in [2.45, 2.75) is 44.9 Å². The van der Waals surface area contributed by atoms with Crippen molar-refractivity contribution >= 4 is 11.8 Å². The molecule has 2 aliphatic carbocycles. The maximum Gasteiger partial charge on any atom is 0.226 e. The second kappa shape index (κ2) is 4.25. The third-order valence-electron chi connectivity index (χ3n) is 5.30. The van der Waals surface area contributed by atoms with Gasteiger partial charge in [0.1, 0.15) is 0 Å². The second-order valence-corrected chi connectivity index (χ2v) is 6.33. The molecule has 1 unspecified atom stereocenters. The van der Waals surface area contributed by atoms with E-state index < -0.39 is 0 Å². The van der Waals surface area contributed by atoms with E-state index in [4.69, 9.17) is 5.73 Å². The van der Waals surface area contributed by atoms with Gasteiger partial charge in [0.2, 0.25) is 11.8 Å². The van der Waals surface area contributed by atoms with E-state index in [0.29, 0.717) is 17.2 Å². The summed E-state index contributed by atoms with van der Waals surface area (Å²) < 4.78 is 0. The highest BCUT2D eigenvalue weighted by molar-refractivity contribution is 5.83. The van der Waals surface area contributed by atoms with E-state index in [2.05, 4.69) is 0 Å². The van der Waals surface area contributed by atoms with Gasteiger partial charge in [-0.05, 0) is 37.5 Å². The van der Waals surface area contributed by atoms with Crippen LogP contribution in [0.5, 0.6) is 0 Å². The van der Waals surface area contributed by atoms with Crippen LogP contribution in [0.25, 0.3) is 0 Å². The molecule has 1 saturated heterocycles. The molecule has 100 valence electrons. The van der Waals surface area contributed by atoms with Crippen molar-refractivity contribution in [1.29, 1.82) is 0 Å². The van der Waals surface area contributed by atoms with Gasteiger partial charge in [-0.3, -0.25) is 9.59 Å². The highest BCUT2D eigenvalue weighted by atomic mass is 16.2. The van der Waals surface area contributed by atoms with Crippen LogP contribution in [0.2, 0.25) is 0 Å². The average molecular weight is 250 g/mol. The van der Waals surface area contributed by atoms with E-state index in [9.17, 15) is 9.59 Å². The molecule has 0 radical (unpaired) electrons. The van der Waals surface area contributed by atoms with Crippen LogP contribution < -0.4 is 5.73 Å². The zero-order valence-electron chi connectivity index (χ0n) is 10.9. The quantitative estimate of drug-likeness (QED) is 0.802. The highest BCUT2D eigenvalue weighted by Crippen LogP contribution is 2.63. The molecule has 3 aliphatic rings. The monoisotopic (exact) mass is 250 g/mol. The van der Waals surface area contributed by atoms with E-state index in [0.717, 1.165) is 32.4 Å². The average Bonchev–Trinajstić information content (AvgIpc) is 2.86. The predicted octanol–water partition coefficient (Wildman–Crippen LogP) is 1.29. The lowest BCUT2D eigenvalue weighted by Crippen LogP contribution is -2.42. The summed E-state index contributed by atoms with van der Waals surface area (Å²) in [4.78, 5) is 25.5. The summed E-state index contributed by atoms with van der Waals surface area (Å²) in [7, 11) is 0. The molecule has 18 heavy (non-hydrogen) atoms. The van der Waals surface area contributed by atoms with Gasteiger partial charge in [-0.25, -0.2) is 0 Å². The smallest absolute Gasteiger partial charge is 0.226 e. The van der Waals surface area contributed by atoms with E-state index in [1.54, 1.807) is 0 Å². The van der Waals surface area contributed by atoms with Crippen LogP contribution in [0.4, 0.5) is 0 Å². The minimum Gasteiger partial charge on any atom is -0.369 e. The predicted molar refractivity (Wildman–Crippen MR) is 67.5 cm³/mol. The minimum absolute atomic E-state index is 0.0197. The first kappa shape index (κ1) is 12.0. The summed E-state index contributed by atoms with van der Waals surface area (Å²) in [6.07, 6.45) is 7.71. The van der Waals surface area contributed by atoms with Crippen LogP contribution in [0.15, 0.2) is 0 Å². The van der Waals surface area contributed by atoms with Crippen LogP contribution in [0.1, 0.15) is 44.9 Å². The molecule has 0 bridgehead atoms. The molecule has 1 heterocycles. The molecule has 2 amide bonds. The normalized spacial score (nSPS) is 30.7. The van der Waals surface area contributed by atoms with Gasteiger partial charge in [0.05, 0.1) is 0 Å². The van der Waals surface area contributed by atoms with Crippen LogP contribution in [0, 0.1) is 17.3 Å². The number of likely N-dealkylation sites (tertiary alicyclic amines) is 1. The Kier molecular flexibility index (Phi) is 2.83. The Balaban J connectivity index is 1.54. The van der Waals surface area contributed by atoms with Crippen molar-refractivity contribution in [3.63, 3.8) is 0 Å². The van der Waals surface area contributed by atoms with Crippen LogP contribution >= 0.6 is 0 Å². The summed E-state index contributed by atoms with van der Waals surface area (Å²) in [6.45, 7) is 1.44. The van der Waals surface area contributed by atoms with Crippen LogP contribution in [-0.4, -0.2) is 29.8 Å². The van der Waals surface area contributed by atoms with E-state index in [1.807, 2.05) is 4.90 Å². The molecule has 1 atom stereocenters. The molecule has 2 saturated carbocycles. The number of carbonyl (C=O) groups excluding carboxylic acids is 2. The first-order valence-electron chi connectivity index (χ1n) is 7.20. The molecule has 3 fully saturated rings. The molecule has 1 spiro atoms. The topological polar surface area (TPSA) is 63.4 Å². The molecule has 0 aromatic rings. The number of primary amides is 1. The van der Waals surface area contributed by atoms with Crippen LogP contribution in [0.3, 0.4) is 0 Å². The molecule has 4 heteroatoms. The number of hydrogen-bond donors (Lipinski definition) is 1. The van der Waals surface area contributed by atoms with Gasteiger partial charge in [0.25, 0.3) is 0 Å². The van der Waals surface area contributed by atoms with E-state index in [1.165, 1.54) is 25.7 Å². The third kappa shape index (κ3) is 1.91. The number of amides is 2. The van der Waals surface area contributed by atoms with Gasteiger partial charge in [-0.15, -0.1) is 0 Å². The number of rotatable bonds is 2. The summed E-state index contributed by atoms with van der Waals surface area (Å²) in [5.74, 6) is 0.416. The fraction of sp³-hybridized carbons (Fsp3) is 0.857. The summed E-state index contributed by atoms with van der Waals surface area (Å²) >= 11 is 0. The Morgan fingerprint density at radius 3 is 2.28 bits per heavy atom. The van der Waals surface area contributed by atoms with Gasteiger partial charge >= 0.3 is 0 Å². The van der Waals surface area contributed by atoms with Crippen LogP contribution in [-0.2, 0) is 9.59 Å². The summed E-state index contributed by atoms with van der Waals surface area (Å²) in [6, 6.07) is 0. The van der Waals surface area contributed by atoms with Crippen molar-refractivity contribution in [1.82, 2.24) is 4.90 Å². The lowest BCUT2D eigenvalue weighted by molar-refractivity contribution is -0.136. The third-order valence-corrected chi connectivity index (χ3v) is 5.30. The molecule has 4 nitrogen and oxygen atoms in total. The van der Waals surface area contributed by atoms with Crippen molar-refractivity contribution in [2.75, 3.05) is 13.1 Å². The minimum atomic E-state index is -0.208. The van der Waals surface area contributed by atoms with Crippen molar-refractivity contribution in [2.24, 2.45) is 23.0 Å². The maximum atomic E-state index is 12.4. The first-order chi connectivity index (χ1) is 8.62. The number of hydrogen-bond acceptors (Lipinski definition) is 2. The fourth-order valence-corrected chi connectivity index (χ4v) is 3.93. The lowest BCUT2D eigenvalue weighted by atomic mass is 9.95. The Morgan fingerprint density at radius 2 is 1.72 bits per heavy atom. The Hall–Kier alpha value is -1.06. The standard InChI is InChI=1S/C14H22N2O2/c15-12(17)10-3-7-16(8-4-10)13(18)11-9-14(11)5-1-2-6-14/h10-11H,1-9H2,(H2,15,17). The largest absolute Gasteiger partial charge is 0.369 e. The Morgan fingerprint density at radius 1 is 1.11 bits per heavy atom. The summed E-state index contributed by atoms with van der Waals surface area (Å²) in [5.41, 5.74) is 5.70. The molecule has 0 aromatic carbocycles. The number of piperidine rings is 1. The van der Waals surface area contributed by atoms with E-state index >= 15 is 0 Å². The zero-order chi connectivity index (χ0) is 12.8. The molecular formula is C14H22N2O2. The van der Waals surface area contributed by atoms with Gasteiger partial charge in [-0.1, -0.05) is 12.8 Å². The molecule has 0 aromatic heterocycles. The van der Waals surface area contributed by atoms with Crippen molar-refractivity contribution in [3.8, 4) is 0 Å². The fourth-order valence-electron chi connectivity index (χ4n) is 3.93. The van der Waals surface area contributed by atoms with Gasteiger partial charge < -0.3 is 10.6 Å². The van der Waals surface area contributed by atoms with Gasteiger partial charge in [0, 0.05) is 24.9 Å². The van der Waals surface area contributed by atoms with Gasteiger partial charge in [-0.2, -0.15) is 0 Å². The lowest BCUT2D eigenvalue weighted by Gasteiger charge is -2.31. The SMILES string of the molecule is NC(=O)C1CCN(C(=O)C2CC23CCCC3)CC1. The number of nitrogens with two attached hydrogens (primary N) is 1. The van der Waals surface area contributed by atoms with Gasteiger partial charge in [0.15, 0.2) is 0 Å². The van der Waals surface area contributed by atoms with E-state index in [-0.39, 0.29) is 11.8 Å². The first-order valence-corrected chi connectivity index (χ1v) is 7.20. The number of nitrogens with zero attached hydrogens (tertiary/aromatic N) is 1. The molecule has 3 rings (SSSR count). The maximum absolute atomic E-state index is 12.4. The highest BCUT2D eigenvalue weighted by Gasteiger charge is 2.59. The zero-order valence-corrected chi connectivity index (χ0v) is 10.9. The summed E-state index contributed by atoms with van der Waals surface area (Å²) in [5, 5.41) is 0. The van der Waals surface area contributed by atoms with Crippen molar-refractivity contribution in [3.05, 3.63) is 0 Å². The molecule has 2 N–H and O–H groups in total. The molecule has 1 aliphatic heterocycles. The Labute approximate surface area is 108 Å². The second-order valence-electron chi connectivity index (χ2n) is 6.33. The number of carbonyl (C=O) groups is 2. The molecular weight excluding hydrogens is 228 g/mol. The van der Waals surface area contributed by atoms with Crippen molar-refractivity contribution < 1.29 is 9.59 Å².